The molecule has 3 rings (SSSR count). The van der Waals surface area contributed by atoms with Crippen LogP contribution in [0.4, 0.5) is 4.39 Å². The lowest BCUT2D eigenvalue weighted by molar-refractivity contribution is -0.122. The zero-order chi connectivity index (χ0) is 17.0. The number of aryl methyl sites for hydroxylation is 1. The molecule has 1 atom stereocenters. The first kappa shape index (κ1) is 16.7. The summed E-state index contributed by atoms with van der Waals surface area (Å²) in [6.07, 6.45) is 1.17. The Balaban J connectivity index is 1.50. The lowest BCUT2D eigenvalue weighted by Gasteiger charge is -2.20. The first-order valence-corrected chi connectivity index (χ1v) is 7.96. The minimum absolute atomic E-state index is 0.167. The van der Waals surface area contributed by atoms with Crippen molar-refractivity contribution in [3.8, 4) is 11.3 Å². The van der Waals surface area contributed by atoms with Gasteiger partial charge in [0, 0.05) is 32.4 Å². The minimum Gasteiger partial charge on any atom is -0.461 e. The summed E-state index contributed by atoms with van der Waals surface area (Å²) >= 11 is 0. The Bertz CT molecular complexity index is 707. The van der Waals surface area contributed by atoms with Gasteiger partial charge >= 0.3 is 0 Å². The number of aliphatic hydroxyl groups is 1. The summed E-state index contributed by atoms with van der Waals surface area (Å²) in [6, 6.07) is 9.83. The van der Waals surface area contributed by atoms with E-state index in [9.17, 15) is 14.3 Å². The van der Waals surface area contributed by atoms with Crippen LogP contribution in [0.25, 0.3) is 11.3 Å². The average molecular weight is 333 g/mol. The first-order chi connectivity index (χ1) is 11.6. The molecule has 1 aromatic heterocycles. The maximum Gasteiger partial charge on any atom is 0.220 e. The van der Waals surface area contributed by atoms with Crippen molar-refractivity contribution in [3.05, 3.63) is 48.0 Å². The zero-order valence-corrected chi connectivity index (χ0v) is 13.3. The molecule has 2 aromatic rings. The quantitative estimate of drug-likeness (QED) is 0.851. The van der Waals surface area contributed by atoms with Gasteiger partial charge < -0.3 is 19.6 Å². The molecule has 2 N–H and O–H groups in total. The lowest BCUT2D eigenvalue weighted by atomic mass is 10.0. The molecule has 24 heavy (non-hydrogen) atoms. The van der Waals surface area contributed by atoms with E-state index in [1.807, 2.05) is 0 Å². The summed E-state index contributed by atoms with van der Waals surface area (Å²) < 4.78 is 24.5. The van der Waals surface area contributed by atoms with Crippen molar-refractivity contribution in [2.45, 2.75) is 24.9 Å². The zero-order valence-electron chi connectivity index (χ0n) is 13.3. The van der Waals surface area contributed by atoms with E-state index >= 15 is 0 Å². The molecule has 1 aliphatic rings. The van der Waals surface area contributed by atoms with Crippen LogP contribution in [0.5, 0.6) is 0 Å². The maximum atomic E-state index is 13.7. The second-order valence-electron chi connectivity index (χ2n) is 6.05. The normalized spacial score (nSPS) is 20.2. The van der Waals surface area contributed by atoms with Crippen molar-refractivity contribution in [1.29, 1.82) is 0 Å². The maximum absolute atomic E-state index is 13.7. The number of nitrogens with one attached hydrogen (secondary N) is 1. The van der Waals surface area contributed by atoms with Crippen LogP contribution in [0.3, 0.4) is 0 Å². The third kappa shape index (κ3) is 4.01. The minimum atomic E-state index is -0.960. The number of carbonyl (C=O) groups is 1. The van der Waals surface area contributed by atoms with E-state index in [2.05, 4.69) is 5.32 Å². The van der Waals surface area contributed by atoms with Crippen LogP contribution >= 0.6 is 0 Å². The van der Waals surface area contributed by atoms with Crippen LogP contribution in [0.1, 0.15) is 18.6 Å². The molecule has 1 aliphatic heterocycles. The fraction of sp³-hybridized carbons (Fsp3) is 0.389. The van der Waals surface area contributed by atoms with Gasteiger partial charge in [-0.3, -0.25) is 4.79 Å². The highest BCUT2D eigenvalue weighted by atomic mass is 19.1. The predicted molar refractivity (Wildman–Crippen MR) is 85.8 cm³/mol. The fourth-order valence-electron chi connectivity index (χ4n) is 2.64. The second kappa shape index (κ2) is 7.15. The van der Waals surface area contributed by atoms with Gasteiger partial charge in [0.2, 0.25) is 5.91 Å². The van der Waals surface area contributed by atoms with Crippen LogP contribution in [-0.4, -0.2) is 36.4 Å². The Morgan fingerprint density at radius 3 is 2.88 bits per heavy atom. The molecular weight excluding hydrogens is 313 g/mol. The SMILES string of the molecule is O=C(CCc1ccc(-c2ccccc2F)o1)NC[C@]1(O)CCOC1. The molecule has 6 heteroatoms. The highest BCUT2D eigenvalue weighted by Crippen LogP contribution is 2.25. The van der Waals surface area contributed by atoms with Crippen molar-refractivity contribution < 1.29 is 23.4 Å². The predicted octanol–water partition coefficient (Wildman–Crippen LogP) is 2.29. The van der Waals surface area contributed by atoms with Gasteiger partial charge in [0.05, 0.1) is 12.2 Å². The van der Waals surface area contributed by atoms with E-state index in [1.54, 1.807) is 30.3 Å². The van der Waals surface area contributed by atoms with Crippen molar-refractivity contribution in [3.63, 3.8) is 0 Å². The molecule has 0 spiro atoms. The van der Waals surface area contributed by atoms with E-state index in [-0.39, 0.29) is 31.3 Å². The van der Waals surface area contributed by atoms with Gasteiger partial charge in [-0.15, -0.1) is 0 Å². The van der Waals surface area contributed by atoms with Gasteiger partial charge in [-0.05, 0) is 24.3 Å². The molecule has 0 unspecified atom stereocenters. The van der Waals surface area contributed by atoms with Crippen LogP contribution in [0, 0.1) is 5.82 Å². The van der Waals surface area contributed by atoms with Crippen molar-refractivity contribution in [2.75, 3.05) is 19.8 Å². The molecule has 0 saturated carbocycles. The Morgan fingerprint density at radius 2 is 2.12 bits per heavy atom. The lowest BCUT2D eigenvalue weighted by Crippen LogP contribution is -2.43. The standard InChI is InChI=1S/C18H20FNO4/c19-15-4-2-1-3-14(15)16-7-5-13(24-16)6-8-17(21)20-11-18(22)9-10-23-12-18/h1-5,7,22H,6,8-12H2,(H,20,21)/t18-/m1/s1. The fourth-order valence-corrected chi connectivity index (χ4v) is 2.64. The molecule has 0 aliphatic carbocycles. The van der Waals surface area contributed by atoms with Crippen LogP contribution in [0.15, 0.2) is 40.8 Å². The molecule has 1 amide bonds. The smallest absolute Gasteiger partial charge is 0.220 e. The third-order valence-electron chi connectivity index (χ3n) is 4.10. The van der Waals surface area contributed by atoms with Crippen molar-refractivity contribution >= 4 is 5.91 Å². The third-order valence-corrected chi connectivity index (χ3v) is 4.10. The monoisotopic (exact) mass is 333 g/mol. The summed E-state index contributed by atoms with van der Waals surface area (Å²) in [4.78, 5) is 11.9. The van der Waals surface area contributed by atoms with E-state index in [4.69, 9.17) is 9.15 Å². The van der Waals surface area contributed by atoms with Gasteiger partial charge in [-0.1, -0.05) is 12.1 Å². The summed E-state index contributed by atoms with van der Waals surface area (Å²) in [7, 11) is 0. The van der Waals surface area contributed by atoms with Crippen LogP contribution in [-0.2, 0) is 16.0 Å². The second-order valence-corrected chi connectivity index (χ2v) is 6.05. The summed E-state index contributed by atoms with van der Waals surface area (Å²) in [6.45, 7) is 0.944. The van der Waals surface area contributed by atoms with Crippen LogP contribution < -0.4 is 5.32 Å². The number of amides is 1. The average Bonchev–Trinajstić information content (AvgIpc) is 3.21. The number of hydrogen-bond donors (Lipinski definition) is 2. The molecule has 1 fully saturated rings. The van der Waals surface area contributed by atoms with Crippen LogP contribution in [0.2, 0.25) is 0 Å². The van der Waals surface area contributed by atoms with E-state index < -0.39 is 5.60 Å². The Labute approximate surface area is 139 Å². The van der Waals surface area contributed by atoms with E-state index in [0.29, 0.717) is 36.5 Å². The summed E-state index contributed by atoms with van der Waals surface area (Å²) in [5, 5.41) is 12.8. The van der Waals surface area contributed by atoms with Gasteiger partial charge in [0.25, 0.3) is 0 Å². The van der Waals surface area contributed by atoms with Gasteiger partial charge in [0.1, 0.15) is 22.9 Å². The molecule has 5 nitrogen and oxygen atoms in total. The highest BCUT2D eigenvalue weighted by molar-refractivity contribution is 5.76. The Morgan fingerprint density at radius 1 is 1.29 bits per heavy atom. The number of carbonyl (C=O) groups excluding carboxylic acids is 1. The number of ether oxygens (including phenoxy) is 1. The highest BCUT2D eigenvalue weighted by Gasteiger charge is 2.32. The Kier molecular flexibility index (Phi) is 4.97. The van der Waals surface area contributed by atoms with E-state index in [1.165, 1.54) is 6.07 Å². The number of halogens is 1. The molecular formula is C18H20FNO4. The molecule has 0 bridgehead atoms. The Hall–Kier alpha value is -2.18. The molecule has 1 aromatic carbocycles. The summed E-state index contributed by atoms with van der Waals surface area (Å²) in [5.74, 6) is 0.551. The van der Waals surface area contributed by atoms with Crippen molar-refractivity contribution in [1.82, 2.24) is 5.32 Å². The van der Waals surface area contributed by atoms with Gasteiger partial charge in [-0.25, -0.2) is 4.39 Å². The molecule has 128 valence electrons. The van der Waals surface area contributed by atoms with Gasteiger partial charge in [0.15, 0.2) is 0 Å². The number of hydrogen-bond acceptors (Lipinski definition) is 4. The topological polar surface area (TPSA) is 71.7 Å². The number of benzene rings is 1. The summed E-state index contributed by atoms with van der Waals surface area (Å²) in [5.41, 5.74) is -0.560. The number of rotatable bonds is 6. The van der Waals surface area contributed by atoms with Crippen molar-refractivity contribution in [2.24, 2.45) is 0 Å². The largest absolute Gasteiger partial charge is 0.461 e. The molecule has 0 radical (unpaired) electrons. The number of furan rings is 1. The van der Waals surface area contributed by atoms with Gasteiger partial charge in [-0.2, -0.15) is 0 Å². The van der Waals surface area contributed by atoms with E-state index in [0.717, 1.165) is 0 Å². The first-order valence-electron chi connectivity index (χ1n) is 7.96. The molecule has 1 saturated heterocycles. The molecule has 2 heterocycles.